The Balaban J connectivity index is 0.940. The summed E-state index contributed by atoms with van der Waals surface area (Å²) in [7, 11) is 0. The molecule has 6 heteroatoms. The number of aromatic nitrogens is 3. The van der Waals surface area contributed by atoms with Gasteiger partial charge in [0, 0.05) is 61.4 Å². The van der Waals surface area contributed by atoms with Crippen molar-refractivity contribution in [3.05, 3.63) is 194 Å². The van der Waals surface area contributed by atoms with Gasteiger partial charge in [0.25, 0.3) is 0 Å². The fourth-order valence-electron chi connectivity index (χ4n) is 7.71. The Bertz CT molecular complexity index is 3170. The molecule has 0 atom stereocenters. The van der Waals surface area contributed by atoms with E-state index in [2.05, 4.69) is 108 Å². The molecule has 0 saturated carbocycles. The van der Waals surface area contributed by atoms with Crippen molar-refractivity contribution in [2.45, 2.75) is 0 Å². The lowest BCUT2D eigenvalue weighted by molar-refractivity contribution is 0.668. The Hall–Kier alpha value is -7.83. The van der Waals surface area contributed by atoms with E-state index >= 15 is 0 Å². The summed E-state index contributed by atoms with van der Waals surface area (Å²) in [6, 6.07) is 66.4. The first-order chi connectivity index (χ1) is 28.2. The Morgan fingerprint density at radius 2 is 0.702 bits per heavy atom. The van der Waals surface area contributed by atoms with Crippen molar-refractivity contribution in [1.29, 1.82) is 0 Å². The zero-order valence-electron chi connectivity index (χ0n) is 30.6. The third kappa shape index (κ3) is 5.88. The van der Waals surface area contributed by atoms with Crippen molar-refractivity contribution in [1.82, 2.24) is 15.0 Å². The molecule has 0 radical (unpaired) electrons. The number of benzene rings is 8. The van der Waals surface area contributed by atoms with Crippen molar-refractivity contribution >= 4 is 60.9 Å². The second-order valence-electron chi connectivity index (χ2n) is 14.1. The Morgan fingerprint density at radius 1 is 0.281 bits per heavy atom. The molecule has 0 aliphatic carbocycles. The highest BCUT2D eigenvalue weighted by Crippen LogP contribution is 2.40. The first-order valence-corrected chi connectivity index (χ1v) is 18.9. The van der Waals surface area contributed by atoms with Gasteiger partial charge in [-0.1, -0.05) is 121 Å². The van der Waals surface area contributed by atoms with Crippen LogP contribution in [0.3, 0.4) is 0 Å². The normalized spacial score (nSPS) is 11.5. The number of anilines is 3. The van der Waals surface area contributed by atoms with E-state index in [0.29, 0.717) is 17.5 Å². The van der Waals surface area contributed by atoms with Gasteiger partial charge in [-0.25, -0.2) is 15.0 Å². The van der Waals surface area contributed by atoms with Gasteiger partial charge in [-0.2, -0.15) is 0 Å². The van der Waals surface area contributed by atoms with Crippen LogP contribution in [0, 0.1) is 0 Å². The lowest BCUT2D eigenvalue weighted by Crippen LogP contribution is -2.09. The van der Waals surface area contributed by atoms with Gasteiger partial charge in [-0.3, -0.25) is 0 Å². The van der Waals surface area contributed by atoms with Crippen LogP contribution >= 0.6 is 0 Å². The standard InChI is InChI=1S/C51H32N4O2/c1-4-12-34(13-5-1)49-52-50(35-14-6-2-7-15-35)54-51(53-49)37-23-28-43-42-27-22-36(30-46(42)57-47(43)31-37)33-20-24-39(25-21-33)55(38-16-8-3-9-17-38)40-26-29-44-41-18-10-11-19-45(41)56-48(44)32-40/h1-32H. The maximum absolute atomic E-state index is 6.55. The van der Waals surface area contributed by atoms with Crippen molar-refractivity contribution < 1.29 is 8.83 Å². The molecule has 3 aromatic heterocycles. The predicted molar refractivity (Wildman–Crippen MR) is 231 cm³/mol. The minimum atomic E-state index is 0.591. The SMILES string of the molecule is c1ccc(-c2nc(-c3ccccc3)nc(-c3ccc4c(c3)oc3cc(-c5ccc(N(c6ccccc6)c6ccc7c(c6)oc6ccccc67)cc5)ccc34)n2)cc1. The minimum Gasteiger partial charge on any atom is -0.456 e. The van der Waals surface area contributed by atoms with Crippen LogP contribution in [0.1, 0.15) is 0 Å². The lowest BCUT2D eigenvalue weighted by Gasteiger charge is -2.25. The maximum atomic E-state index is 6.55. The average molecular weight is 733 g/mol. The van der Waals surface area contributed by atoms with Gasteiger partial charge < -0.3 is 13.7 Å². The summed E-state index contributed by atoms with van der Waals surface area (Å²) in [5, 5.41) is 4.32. The molecule has 0 spiro atoms. The summed E-state index contributed by atoms with van der Waals surface area (Å²) in [4.78, 5) is 16.9. The van der Waals surface area contributed by atoms with Gasteiger partial charge in [-0.05, 0) is 77.9 Å². The average Bonchev–Trinajstić information content (AvgIpc) is 3.85. The van der Waals surface area contributed by atoms with E-state index in [1.54, 1.807) is 0 Å². The number of nitrogens with zero attached hydrogens (tertiary/aromatic N) is 4. The summed E-state index contributed by atoms with van der Waals surface area (Å²) in [5.41, 5.74) is 11.4. The zero-order valence-corrected chi connectivity index (χ0v) is 30.6. The highest BCUT2D eigenvalue weighted by atomic mass is 16.3. The van der Waals surface area contributed by atoms with Crippen LogP contribution in [0.4, 0.5) is 17.1 Å². The smallest absolute Gasteiger partial charge is 0.164 e. The molecule has 0 bridgehead atoms. The van der Waals surface area contributed by atoms with E-state index in [0.717, 1.165) is 88.8 Å². The van der Waals surface area contributed by atoms with Gasteiger partial charge in [0.15, 0.2) is 17.5 Å². The van der Waals surface area contributed by atoms with Gasteiger partial charge in [0.2, 0.25) is 0 Å². The van der Waals surface area contributed by atoms with Crippen LogP contribution in [-0.4, -0.2) is 15.0 Å². The Kier molecular flexibility index (Phi) is 7.71. The molecule has 268 valence electrons. The van der Waals surface area contributed by atoms with Crippen LogP contribution in [-0.2, 0) is 0 Å². The van der Waals surface area contributed by atoms with E-state index in [9.17, 15) is 0 Å². The van der Waals surface area contributed by atoms with Crippen molar-refractivity contribution in [2.75, 3.05) is 4.90 Å². The number of hydrogen-bond donors (Lipinski definition) is 0. The van der Waals surface area contributed by atoms with Crippen LogP contribution in [0.2, 0.25) is 0 Å². The number of fused-ring (bicyclic) bond motifs is 6. The molecule has 0 aliphatic heterocycles. The lowest BCUT2D eigenvalue weighted by atomic mass is 10.0. The van der Waals surface area contributed by atoms with E-state index in [1.807, 2.05) is 91.0 Å². The molecule has 6 nitrogen and oxygen atoms in total. The van der Waals surface area contributed by atoms with Gasteiger partial charge in [0.05, 0.1) is 0 Å². The Morgan fingerprint density at radius 3 is 1.35 bits per heavy atom. The molecular formula is C51H32N4O2. The number of rotatable bonds is 7. The third-order valence-corrected chi connectivity index (χ3v) is 10.5. The summed E-state index contributed by atoms with van der Waals surface area (Å²) in [6.07, 6.45) is 0. The van der Waals surface area contributed by atoms with E-state index in [-0.39, 0.29) is 0 Å². The molecule has 0 fully saturated rings. The van der Waals surface area contributed by atoms with E-state index in [1.165, 1.54) is 0 Å². The molecule has 0 unspecified atom stereocenters. The quantitative estimate of drug-likeness (QED) is 0.162. The molecule has 0 N–H and O–H groups in total. The summed E-state index contributed by atoms with van der Waals surface area (Å²) >= 11 is 0. The minimum absolute atomic E-state index is 0.591. The molecule has 57 heavy (non-hydrogen) atoms. The molecule has 0 amide bonds. The van der Waals surface area contributed by atoms with Crippen molar-refractivity contribution in [2.24, 2.45) is 0 Å². The first kappa shape index (κ1) is 32.6. The van der Waals surface area contributed by atoms with Crippen molar-refractivity contribution in [3.63, 3.8) is 0 Å². The second-order valence-corrected chi connectivity index (χ2v) is 14.1. The Labute approximate surface area is 328 Å². The fraction of sp³-hybridized carbons (Fsp3) is 0. The highest BCUT2D eigenvalue weighted by molar-refractivity contribution is 6.07. The monoisotopic (exact) mass is 732 g/mol. The summed E-state index contributed by atoms with van der Waals surface area (Å²) in [6.45, 7) is 0. The summed E-state index contributed by atoms with van der Waals surface area (Å²) < 4.78 is 12.8. The molecule has 11 rings (SSSR count). The summed E-state index contributed by atoms with van der Waals surface area (Å²) in [5.74, 6) is 1.84. The highest BCUT2D eigenvalue weighted by Gasteiger charge is 2.17. The number of para-hydroxylation sites is 2. The molecule has 8 aromatic carbocycles. The molecule has 3 heterocycles. The second kappa shape index (κ2) is 13.5. The first-order valence-electron chi connectivity index (χ1n) is 18.9. The van der Waals surface area contributed by atoms with Crippen LogP contribution in [0.25, 0.3) is 89.2 Å². The topological polar surface area (TPSA) is 68.2 Å². The maximum Gasteiger partial charge on any atom is 0.164 e. The largest absolute Gasteiger partial charge is 0.456 e. The molecular weight excluding hydrogens is 701 g/mol. The molecule has 0 saturated heterocycles. The van der Waals surface area contributed by atoms with E-state index < -0.39 is 0 Å². The van der Waals surface area contributed by atoms with Gasteiger partial charge in [0.1, 0.15) is 22.3 Å². The van der Waals surface area contributed by atoms with Crippen molar-refractivity contribution in [3.8, 4) is 45.3 Å². The van der Waals surface area contributed by atoms with Crippen LogP contribution in [0.5, 0.6) is 0 Å². The molecule has 0 aliphatic rings. The van der Waals surface area contributed by atoms with Crippen LogP contribution < -0.4 is 4.90 Å². The molecule has 11 aromatic rings. The predicted octanol–water partition coefficient (Wildman–Crippen LogP) is 13.8. The fourth-order valence-corrected chi connectivity index (χ4v) is 7.71. The zero-order chi connectivity index (χ0) is 37.7. The van der Waals surface area contributed by atoms with Gasteiger partial charge >= 0.3 is 0 Å². The number of hydrogen-bond acceptors (Lipinski definition) is 6. The van der Waals surface area contributed by atoms with Crippen LogP contribution in [0.15, 0.2) is 203 Å². The van der Waals surface area contributed by atoms with Gasteiger partial charge in [-0.15, -0.1) is 0 Å². The third-order valence-electron chi connectivity index (χ3n) is 10.5. The van der Waals surface area contributed by atoms with E-state index in [4.69, 9.17) is 23.8 Å². The number of furan rings is 2.